The highest BCUT2D eigenvalue weighted by molar-refractivity contribution is 6.02. The first-order chi connectivity index (χ1) is 9.14. The zero-order chi connectivity index (χ0) is 15.5. The molecule has 20 heavy (non-hydrogen) atoms. The van der Waals surface area contributed by atoms with Gasteiger partial charge in [-0.25, -0.2) is 0 Å². The Morgan fingerprint density at radius 2 is 1.85 bits per heavy atom. The molecule has 1 aromatic rings. The van der Waals surface area contributed by atoms with E-state index in [1.54, 1.807) is 0 Å². The maximum absolute atomic E-state index is 12.5. The monoisotopic (exact) mass is 287 g/mol. The molecule has 0 fully saturated rings. The van der Waals surface area contributed by atoms with Gasteiger partial charge in [-0.1, -0.05) is 20.8 Å². The van der Waals surface area contributed by atoms with E-state index in [-0.39, 0.29) is 40.4 Å². The van der Waals surface area contributed by atoms with Crippen molar-refractivity contribution in [3.63, 3.8) is 0 Å². The number of hydrogen-bond acceptors (Lipinski definition) is 4. The SMILES string of the molecule is COc1cc(N)cc(OC(F)F)c1C(=O)CC(C)(C)C. The molecule has 6 heteroatoms. The average Bonchev–Trinajstić information content (AvgIpc) is 2.24. The Morgan fingerprint density at radius 3 is 2.30 bits per heavy atom. The summed E-state index contributed by atoms with van der Waals surface area (Å²) in [7, 11) is 1.34. The number of carbonyl (C=O) groups excluding carboxylic acids is 1. The Kier molecular flexibility index (Phi) is 4.92. The number of benzene rings is 1. The smallest absolute Gasteiger partial charge is 0.387 e. The first kappa shape index (κ1) is 16.2. The van der Waals surface area contributed by atoms with E-state index in [1.165, 1.54) is 19.2 Å². The molecule has 0 saturated heterocycles. The summed E-state index contributed by atoms with van der Waals surface area (Å²) in [6.07, 6.45) is 0.173. The number of halogens is 2. The number of ether oxygens (including phenoxy) is 2. The minimum atomic E-state index is -3.04. The number of methoxy groups -OCH3 is 1. The van der Waals surface area contributed by atoms with E-state index >= 15 is 0 Å². The Balaban J connectivity index is 3.29. The van der Waals surface area contributed by atoms with Crippen molar-refractivity contribution in [2.24, 2.45) is 5.41 Å². The Hall–Kier alpha value is -1.85. The fourth-order valence-electron chi connectivity index (χ4n) is 1.80. The van der Waals surface area contributed by atoms with Crippen LogP contribution in [0.2, 0.25) is 0 Å². The summed E-state index contributed by atoms with van der Waals surface area (Å²) in [5.74, 6) is -0.453. The molecule has 2 N–H and O–H groups in total. The lowest BCUT2D eigenvalue weighted by Crippen LogP contribution is -2.16. The van der Waals surface area contributed by atoms with Gasteiger partial charge in [0.1, 0.15) is 17.1 Å². The van der Waals surface area contributed by atoms with Crippen molar-refractivity contribution in [3.8, 4) is 11.5 Å². The minimum absolute atomic E-state index is 0.00285. The normalized spacial score (nSPS) is 11.6. The van der Waals surface area contributed by atoms with E-state index in [4.69, 9.17) is 10.5 Å². The molecule has 0 saturated carbocycles. The summed E-state index contributed by atoms with van der Waals surface area (Å²) in [6, 6.07) is 2.61. The highest BCUT2D eigenvalue weighted by atomic mass is 19.3. The summed E-state index contributed by atoms with van der Waals surface area (Å²) < 4.78 is 34.4. The van der Waals surface area contributed by atoms with Gasteiger partial charge in [0.15, 0.2) is 5.78 Å². The molecular weight excluding hydrogens is 268 g/mol. The standard InChI is InChI=1S/C14H19F2NO3/c1-14(2,3)7-9(18)12-10(19-4)5-8(17)6-11(12)20-13(15)16/h5-6,13H,7,17H2,1-4H3. The number of ketones is 1. The number of nitrogens with two attached hydrogens (primary N) is 1. The van der Waals surface area contributed by atoms with Crippen molar-refractivity contribution in [2.45, 2.75) is 33.8 Å². The van der Waals surface area contributed by atoms with Gasteiger partial charge in [0.2, 0.25) is 0 Å². The van der Waals surface area contributed by atoms with Crippen LogP contribution in [0.5, 0.6) is 11.5 Å². The summed E-state index contributed by atoms with van der Waals surface area (Å²) in [5.41, 5.74) is 5.49. The van der Waals surface area contributed by atoms with Crippen molar-refractivity contribution in [3.05, 3.63) is 17.7 Å². The fraction of sp³-hybridized carbons (Fsp3) is 0.500. The maximum atomic E-state index is 12.5. The molecule has 4 nitrogen and oxygen atoms in total. The van der Waals surface area contributed by atoms with Gasteiger partial charge >= 0.3 is 6.61 Å². The van der Waals surface area contributed by atoms with Gasteiger partial charge in [0, 0.05) is 24.2 Å². The summed E-state index contributed by atoms with van der Waals surface area (Å²) in [5, 5.41) is 0. The van der Waals surface area contributed by atoms with E-state index in [1.807, 2.05) is 20.8 Å². The molecule has 0 aromatic heterocycles. The van der Waals surface area contributed by atoms with E-state index in [2.05, 4.69) is 4.74 Å². The molecular formula is C14H19F2NO3. The molecule has 0 spiro atoms. The highest BCUT2D eigenvalue weighted by Crippen LogP contribution is 2.35. The third kappa shape index (κ3) is 4.36. The molecule has 0 radical (unpaired) electrons. The van der Waals surface area contributed by atoms with Gasteiger partial charge in [0.05, 0.1) is 7.11 Å². The van der Waals surface area contributed by atoms with E-state index in [0.29, 0.717) is 0 Å². The first-order valence-electron chi connectivity index (χ1n) is 6.09. The maximum Gasteiger partial charge on any atom is 0.387 e. The summed E-state index contributed by atoms with van der Waals surface area (Å²) in [4.78, 5) is 12.3. The van der Waals surface area contributed by atoms with Gasteiger partial charge in [-0.2, -0.15) is 8.78 Å². The Bertz CT molecular complexity index is 496. The molecule has 1 rings (SSSR count). The summed E-state index contributed by atoms with van der Waals surface area (Å²) in [6.45, 7) is 2.59. The number of alkyl halides is 2. The molecule has 0 atom stereocenters. The second kappa shape index (κ2) is 6.07. The number of nitrogen functional groups attached to an aromatic ring is 1. The molecule has 1 aromatic carbocycles. The Morgan fingerprint density at radius 1 is 1.30 bits per heavy atom. The molecule has 0 heterocycles. The molecule has 0 aliphatic rings. The zero-order valence-electron chi connectivity index (χ0n) is 12.0. The third-order valence-corrected chi connectivity index (χ3v) is 2.49. The van der Waals surface area contributed by atoms with Gasteiger partial charge < -0.3 is 15.2 Å². The largest absolute Gasteiger partial charge is 0.496 e. The second-order valence-corrected chi connectivity index (χ2v) is 5.64. The van der Waals surface area contributed by atoms with Crippen molar-refractivity contribution in [1.82, 2.24) is 0 Å². The number of Topliss-reactive ketones (excluding diaryl/α,β-unsaturated/α-hetero) is 1. The van der Waals surface area contributed by atoms with E-state index in [0.717, 1.165) is 0 Å². The number of carbonyl (C=O) groups is 1. The molecule has 0 aliphatic heterocycles. The minimum Gasteiger partial charge on any atom is -0.496 e. The van der Waals surface area contributed by atoms with Crippen LogP contribution in [0.3, 0.4) is 0 Å². The lowest BCUT2D eigenvalue weighted by Gasteiger charge is -2.20. The van der Waals surface area contributed by atoms with Crippen molar-refractivity contribution in [1.29, 1.82) is 0 Å². The predicted molar refractivity (Wildman–Crippen MR) is 72.4 cm³/mol. The predicted octanol–water partition coefficient (Wildman–Crippen LogP) is 3.50. The molecule has 0 amide bonds. The van der Waals surface area contributed by atoms with Crippen LogP contribution in [0.1, 0.15) is 37.6 Å². The average molecular weight is 287 g/mol. The van der Waals surface area contributed by atoms with Gasteiger partial charge in [-0.3, -0.25) is 4.79 Å². The number of rotatable bonds is 5. The van der Waals surface area contributed by atoms with Gasteiger partial charge in [-0.05, 0) is 5.41 Å². The van der Waals surface area contributed by atoms with Crippen LogP contribution in [0.15, 0.2) is 12.1 Å². The van der Waals surface area contributed by atoms with Crippen LogP contribution in [-0.4, -0.2) is 19.5 Å². The first-order valence-corrected chi connectivity index (χ1v) is 6.09. The lowest BCUT2D eigenvalue weighted by atomic mass is 9.87. The second-order valence-electron chi connectivity index (χ2n) is 5.64. The Labute approximate surface area is 116 Å². The number of hydrogen-bond donors (Lipinski definition) is 1. The van der Waals surface area contributed by atoms with E-state index in [9.17, 15) is 13.6 Å². The molecule has 0 bridgehead atoms. The molecule has 0 unspecified atom stereocenters. The quantitative estimate of drug-likeness (QED) is 0.665. The zero-order valence-corrected chi connectivity index (χ0v) is 12.0. The van der Waals surface area contributed by atoms with Crippen LogP contribution in [0.25, 0.3) is 0 Å². The van der Waals surface area contributed by atoms with Crippen molar-refractivity contribution >= 4 is 11.5 Å². The van der Waals surface area contributed by atoms with Crippen LogP contribution >= 0.6 is 0 Å². The van der Waals surface area contributed by atoms with E-state index < -0.39 is 6.61 Å². The van der Waals surface area contributed by atoms with Gasteiger partial charge in [0.25, 0.3) is 0 Å². The number of anilines is 1. The van der Waals surface area contributed by atoms with Crippen LogP contribution < -0.4 is 15.2 Å². The van der Waals surface area contributed by atoms with Crippen molar-refractivity contribution < 1.29 is 23.0 Å². The molecule has 112 valence electrons. The van der Waals surface area contributed by atoms with Gasteiger partial charge in [-0.15, -0.1) is 0 Å². The third-order valence-electron chi connectivity index (χ3n) is 2.49. The summed E-state index contributed by atoms with van der Waals surface area (Å²) >= 11 is 0. The van der Waals surface area contributed by atoms with Crippen LogP contribution in [-0.2, 0) is 0 Å². The topological polar surface area (TPSA) is 61.6 Å². The van der Waals surface area contributed by atoms with Crippen LogP contribution in [0, 0.1) is 5.41 Å². The van der Waals surface area contributed by atoms with Crippen molar-refractivity contribution in [2.75, 3.05) is 12.8 Å². The van der Waals surface area contributed by atoms with Crippen LogP contribution in [0.4, 0.5) is 14.5 Å². The molecule has 0 aliphatic carbocycles. The highest BCUT2D eigenvalue weighted by Gasteiger charge is 2.25. The fourth-order valence-corrected chi connectivity index (χ4v) is 1.80. The lowest BCUT2D eigenvalue weighted by molar-refractivity contribution is -0.0502.